The van der Waals surface area contributed by atoms with Crippen molar-refractivity contribution in [3.8, 4) is 0 Å². The second kappa shape index (κ2) is 4.26. The summed E-state index contributed by atoms with van der Waals surface area (Å²) in [4.78, 5) is 9.26. The van der Waals surface area contributed by atoms with Crippen molar-refractivity contribution in [3.05, 3.63) is 34.3 Å². The first kappa shape index (κ1) is 12.3. The van der Waals surface area contributed by atoms with E-state index >= 15 is 0 Å². The van der Waals surface area contributed by atoms with Crippen LogP contribution in [0, 0.1) is 5.92 Å². The molecule has 0 bridgehead atoms. The van der Waals surface area contributed by atoms with E-state index in [0.29, 0.717) is 5.84 Å². The molecule has 0 amide bonds. The Labute approximate surface area is 110 Å². The quantitative estimate of drug-likeness (QED) is 0.895. The van der Waals surface area contributed by atoms with Crippen LogP contribution in [0.5, 0.6) is 0 Å². The molecule has 1 atom stereocenters. The van der Waals surface area contributed by atoms with Crippen LogP contribution in [0.1, 0.15) is 26.3 Å². The standard InChI is InChI=1S/C13H16BrN3/c1-8(2)13(16-9(3)12(15)17-13)10-5-4-6-11(14)7-10/h4-8H,1-3H3,(H2,15,17)/t13-/m1/s1. The third kappa shape index (κ3) is 2.02. The minimum absolute atomic E-state index is 0.257. The van der Waals surface area contributed by atoms with E-state index < -0.39 is 5.66 Å². The van der Waals surface area contributed by atoms with Crippen LogP contribution in [0.4, 0.5) is 0 Å². The van der Waals surface area contributed by atoms with Gasteiger partial charge in [0.25, 0.3) is 0 Å². The van der Waals surface area contributed by atoms with Crippen LogP contribution in [0.3, 0.4) is 0 Å². The van der Waals surface area contributed by atoms with Gasteiger partial charge >= 0.3 is 0 Å². The van der Waals surface area contributed by atoms with Crippen LogP contribution in [-0.2, 0) is 5.66 Å². The van der Waals surface area contributed by atoms with Gasteiger partial charge < -0.3 is 5.73 Å². The van der Waals surface area contributed by atoms with Crippen LogP contribution in [0.15, 0.2) is 38.7 Å². The Bertz CT molecular complexity index is 485. The zero-order valence-corrected chi connectivity index (χ0v) is 11.8. The summed E-state index contributed by atoms with van der Waals surface area (Å²) in [5.41, 5.74) is 7.21. The van der Waals surface area contributed by atoms with Gasteiger partial charge in [0.15, 0.2) is 5.66 Å². The molecule has 0 radical (unpaired) electrons. The van der Waals surface area contributed by atoms with Gasteiger partial charge in [0, 0.05) is 16.0 Å². The monoisotopic (exact) mass is 293 g/mol. The van der Waals surface area contributed by atoms with E-state index in [1.165, 1.54) is 0 Å². The van der Waals surface area contributed by atoms with E-state index in [0.717, 1.165) is 15.7 Å². The van der Waals surface area contributed by atoms with Crippen LogP contribution in [0.2, 0.25) is 0 Å². The molecule has 4 heteroatoms. The van der Waals surface area contributed by atoms with Crippen molar-refractivity contribution in [1.29, 1.82) is 0 Å². The van der Waals surface area contributed by atoms with Crippen LogP contribution in [-0.4, -0.2) is 11.5 Å². The molecule has 3 nitrogen and oxygen atoms in total. The van der Waals surface area contributed by atoms with E-state index in [4.69, 9.17) is 5.73 Å². The van der Waals surface area contributed by atoms with Crippen LogP contribution in [0.25, 0.3) is 0 Å². The van der Waals surface area contributed by atoms with Gasteiger partial charge in [-0.25, -0.2) is 4.99 Å². The highest BCUT2D eigenvalue weighted by Crippen LogP contribution is 2.39. The van der Waals surface area contributed by atoms with Crippen molar-refractivity contribution in [2.75, 3.05) is 0 Å². The van der Waals surface area contributed by atoms with Crippen LogP contribution < -0.4 is 5.73 Å². The summed E-state index contributed by atoms with van der Waals surface area (Å²) in [6, 6.07) is 8.09. The third-order valence-corrected chi connectivity index (χ3v) is 3.55. The predicted octanol–water partition coefficient (Wildman–Crippen LogP) is 3.09. The topological polar surface area (TPSA) is 50.7 Å². The Morgan fingerprint density at radius 2 is 2.00 bits per heavy atom. The first-order valence-corrected chi connectivity index (χ1v) is 6.43. The van der Waals surface area contributed by atoms with E-state index in [2.05, 4.69) is 45.8 Å². The Kier molecular flexibility index (Phi) is 3.08. The van der Waals surface area contributed by atoms with Crippen molar-refractivity contribution >= 4 is 27.5 Å². The molecule has 2 rings (SSSR count). The Balaban J connectivity index is 2.59. The molecule has 0 fully saturated rings. The molecule has 1 aromatic carbocycles. The highest BCUT2D eigenvalue weighted by Gasteiger charge is 2.39. The van der Waals surface area contributed by atoms with Crippen molar-refractivity contribution in [2.24, 2.45) is 21.6 Å². The van der Waals surface area contributed by atoms with Crippen molar-refractivity contribution < 1.29 is 0 Å². The molecule has 1 heterocycles. The van der Waals surface area contributed by atoms with Gasteiger partial charge in [-0.3, -0.25) is 4.99 Å². The molecule has 1 aliphatic rings. The molecule has 90 valence electrons. The third-order valence-electron chi connectivity index (χ3n) is 3.05. The van der Waals surface area contributed by atoms with E-state index in [9.17, 15) is 0 Å². The second-order valence-electron chi connectivity index (χ2n) is 4.59. The normalized spacial score (nSPS) is 23.8. The SMILES string of the molecule is CC1=N[C@](c2cccc(Br)c2)(C(C)C)N=C1N. The molecular weight excluding hydrogens is 278 g/mol. The Morgan fingerprint density at radius 1 is 1.29 bits per heavy atom. The molecule has 0 aromatic heterocycles. The van der Waals surface area contributed by atoms with Gasteiger partial charge in [-0.2, -0.15) is 0 Å². The predicted molar refractivity (Wildman–Crippen MR) is 75.4 cm³/mol. The molecule has 0 spiro atoms. The number of rotatable bonds is 2. The smallest absolute Gasteiger partial charge is 0.180 e. The molecule has 0 unspecified atom stereocenters. The van der Waals surface area contributed by atoms with Gasteiger partial charge in [-0.15, -0.1) is 0 Å². The number of halogens is 1. The fourth-order valence-corrected chi connectivity index (χ4v) is 2.44. The molecule has 17 heavy (non-hydrogen) atoms. The number of benzene rings is 1. The fraction of sp³-hybridized carbons (Fsp3) is 0.385. The minimum atomic E-state index is -0.558. The first-order chi connectivity index (χ1) is 7.95. The first-order valence-electron chi connectivity index (χ1n) is 5.64. The summed E-state index contributed by atoms with van der Waals surface area (Å²) in [5, 5.41) is 0. The number of hydrogen-bond acceptors (Lipinski definition) is 3. The van der Waals surface area contributed by atoms with Crippen molar-refractivity contribution in [2.45, 2.75) is 26.4 Å². The number of nitrogens with two attached hydrogens (primary N) is 1. The van der Waals surface area contributed by atoms with Gasteiger partial charge in [0.05, 0.1) is 5.71 Å². The lowest BCUT2D eigenvalue weighted by atomic mass is 9.89. The molecule has 1 aliphatic heterocycles. The molecule has 2 N–H and O–H groups in total. The second-order valence-corrected chi connectivity index (χ2v) is 5.50. The van der Waals surface area contributed by atoms with Crippen LogP contribution >= 0.6 is 15.9 Å². The number of amidine groups is 1. The molecule has 1 aromatic rings. The molecule has 0 aliphatic carbocycles. The summed E-state index contributed by atoms with van der Waals surface area (Å²) < 4.78 is 1.03. The van der Waals surface area contributed by atoms with Crippen molar-refractivity contribution in [1.82, 2.24) is 0 Å². The Morgan fingerprint density at radius 3 is 2.47 bits per heavy atom. The summed E-state index contributed by atoms with van der Waals surface area (Å²) in [6.45, 7) is 6.13. The summed E-state index contributed by atoms with van der Waals surface area (Å²) in [6.07, 6.45) is 0. The van der Waals surface area contributed by atoms with Gasteiger partial charge in [0.2, 0.25) is 0 Å². The van der Waals surface area contributed by atoms with E-state index in [-0.39, 0.29) is 5.92 Å². The zero-order valence-electron chi connectivity index (χ0n) is 10.2. The highest BCUT2D eigenvalue weighted by atomic mass is 79.9. The average molecular weight is 294 g/mol. The molecule has 0 saturated carbocycles. The summed E-state index contributed by atoms with van der Waals surface area (Å²) >= 11 is 3.48. The maximum atomic E-state index is 5.87. The highest BCUT2D eigenvalue weighted by molar-refractivity contribution is 9.10. The van der Waals surface area contributed by atoms with Gasteiger partial charge in [-0.05, 0) is 19.1 Å². The van der Waals surface area contributed by atoms with Gasteiger partial charge in [0.1, 0.15) is 5.84 Å². The minimum Gasteiger partial charge on any atom is -0.382 e. The van der Waals surface area contributed by atoms with Crippen molar-refractivity contribution in [3.63, 3.8) is 0 Å². The maximum absolute atomic E-state index is 5.87. The number of aliphatic imine (C=N–C) groups is 2. The molecular formula is C13H16BrN3. The number of hydrogen-bond donors (Lipinski definition) is 1. The lowest BCUT2D eigenvalue weighted by Crippen LogP contribution is -2.26. The summed E-state index contributed by atoms with van der Waals surface area (Å²) in [5.74, 6) is 0.798. The molecule has 0 saturated heterocycles. The lowest BCUT2D eigenvalue weighted by molar-refractivity contribution is 0.342. The summed E-state index contributed by atoms with van der Waals surface area (Å²) in [7, 11) is 0. The lowest BCUT2D eigenvalue weighted by Gasteiger charge is -2.28. The van der Waals surface area contributed by atoms with E-state index in [1.54, 1.807) is 0 Å². The fourth-order valence-electron chi connectivity index (χ4n) is 2.04. The number of nitrogens with zero attached hydrogens (tertiary/aromatic N) is 2. The largest absolute Gasteiger partial charge is 0.382 e. The van der Waals surface area contributed by atoms with Gasteiger partial charge in [-0.1, -0.05) is 41.9 Å². The Hall–Kier alpha value is -1.16. The maximum Gasteiger partial charge on any atom is 0.180 e. The van der Waals surface area contributed by atoms with E-state index in [1.807, 2.05) is 25.1 Å². The zero-order chi connectivity index (χ0) is 12.6. The average Bonchev–Trinajstić information content (AvgIpc) is 2.56.